The quantitative estimate of drug-likeness (QED) is 0.509. The van der Waals surface area contributed by atoms with Gasteiger partial charge in [-0.25, -0.2) is 4.39 Å². The Kier molecular flexibility index (Phi) is 6.99. The Hall–Kier alpha value is -2.58. The van der Waals surface area contributed by atoms with Crippen molar-refractivity contribution in [2.45, 2.75) is 32.0 Å². The SMILES string of the molecule is Cc1ccc(NC(=O)CSc2nnc(C(C)Oc3ccc(F)cc3Cl)n2C)cc1C. The molecule has 6 nitrogen and oxygen atoms in total. The average molecular weight is 449 g/mol. The van der Waals surface area contributed by atoms with Crippen LogP contribution in [0.4, 0.5) is 10.1 Å². The monoisotopic (exact) mass is 448 g/mol. The largest absolute Gasteiger partial charge is 0.481 e. The molecule has 1 aromatic heterocycles. The highest BCUT2D eigenvalue weighted by molar-refractivity contribution is 7.99. The molecule has 0 spiro atoms. The minimum absolute atomic E-state index is 0.129. The van der Waals surface area contributed by atoms with Crippen LogP contribution in [-0.4, -0.2) is 26.4 Å². The predicted octanol–water partition coefficient (Wildman–Crippen LogP) is 5.10. The van der Waals surface area contributed by atoms with Crippen molar-refractivity contribution in [1.29, 1.82) is 0 Å². The van der Waals surface area contributed by atoms with Crippen LogP contribution >= 0.6 is 23.4 Å². The number of carbonyl (C=O) groups is 1. The van der Waals surface area contributed by atoms with Crippen LogP contribution in [0.1, 0.15) is 30.0 Å². The van der Waals surface area contributed by atoms with E-state index in [0.29, 0.717) is 16.7 Å². The van der Waals surface area contributed by atoms with Gasteiger partial charge in [-0.2, -0.15) is 0 Å². The van der Waals surface area contributed by atoms with Gasteiger partial charge in [0.1, 0.15) is 11.6 Å². The van der Waals surface area contributed by atoms with E-state index >= 15 is 0 Å². The molecule has 0 bridgehead atoms. The summed E-state index contributed by atoms with van der Waals surface area (Å²) >= 11 is 7.30. The van der Waals surface area contributed by atoms with Crippen molar-refractivity contribution in [1.82, 2.24) is 14.8 Å². The number of nitrogens with one attached hydrogen (secondary N) is 1. The van der Waals surface area contributed by atoms with Crippen LogP contribution in [0.2, 0.25) is 5.02 Å². The first kappa shape index (κ1) is 22.1. The standard InChI is InChI=1S/C21H22ClFN4O2S/c1-12-5-7-16(9-13(12)2)24-19(28)11-30-21-26-25-20(27(21)4)14(3)29-18-8-6-15(23)10-17(18)22/h5-10,14H,11H2,1-4H3,(H,24,28). The summed E-state index contributed by atoms with van der Waals surface area (Å²) in [5, 5.41) is 12.0. The zero-order chi connectivity index (χ0) is 21.8. The summed E-state index contributed by atoms with van der Waals surface area (Å²) in [6.07, 6.45) is -0.468. The maximum Gasteiger partial charge on any atom is 0.234 e. The van der Waals surface area contributed by atoms with E-state index < -0.39 is 11.9 Å². The van der Waals surface area contributed by atoms with Gasteiger partial charge in [0, 0.05) is 12.7 Å². The van der Waals surface area contributed by atoms with Crippen molar-refractivity contribution >= 4 is 35.0 Å². The topological polar surface area (TPSA) is 69.0 Å². The number of carbonyl (C=O) groups excluding carboxylic acids is 1. The number of hydrogen-bond donors (Lipinski definition) is 1. The van der Waals surface area contributed by atoms with Gasteiger partial charge >= 0.3 is 0 Å². The van der Waals surface area contributed by atoms with E-state index in [2.05, 4.69) is 15.5 Å². The fourth-order valence-electron chi connectivity index (χ4n) is 2.77. The summed E-state index contributed by atoms with van der Waals surface area (Å²) in [7, 11) is 1.80. The van der Waals surface area contributed by atoms with Crippen molar-refractivity contribution in [3.63, 3.8) is 0 Å². The smallest absolute Gasteiger partial charge is 0.234 e. The van der Waals surface area contributed by atoms with Crippen LogP contribution in [0.15, 0.2) is 41.6 Å². The van der Waals surface area contributed by atoms with Gasteiger partial charge < -0.3 is 14.6 Å². The summed E-state index contributed by atoms with van der Waals surface area (Å²) in [5.41, 5.74) is 3.06. The Morgan fingerprint density at radius 3 is 2.70 bits per heavy atom. The highest BCUT2D eigenvalue weighted by Gasteiger charge is 2.19. The van der Waals surface area contributed by atoms with Crippen LogP contribution in [0.3, 0.4) is 0 Å². The number of amides is 1. The number of nitrogens with zero attached hydrogens (tertiary/aromatic N) is 3. The minimum Gasteiger partial charge on any atom is -0.481 e. The lowest BCUT2D eigenvalue weighted by atomic mass is 10.1. The predicted molar refractivity (Wildman–Crippen MR) is 117 cm³/mol. The minimum atomic E-state index is -0.468. The zero-order valence-electron chi connectivity index (χ0n) is 17.1. The lowest BCUT2D eigenvalue weighted by Gasteiger charge is -2.15. The zero-order valence-corrected chi connectivity index (χ0v) is 18.6. The van der Waals surface area contributed by atoms with Gasteiger partial charge in [-0.05, 0) is 62.2 Å². The molecular weight excluding hydrogens is 427 g/mol. The van der Waals surface area contributed by atoms with E-state index in [-0.39, 0.29) is 16.7 Å². The molecule has 1 heterocycles. The van der Waals surface area contributed by atoms with Gasteiger partial charge in [-0.1, -0.05) is 29.4 Å². The molecule has 158 valence electrons. The molecule has 0 fully saturated rings. The highest BCUT2D eigenvalue weighted by atomic mass is 35.5. The molecular formula is C21H22ClFN4O2S. The Balaban J connectivity index is 1.60. The molecule has 1 amide bonds. The summed E-state index contributed by atoms with van der Waals surface area (Å²) in [4.78, 5) is 12.3. The summed E-state index contributed by atoms with van der Waals surface area (Å²) in [6.45, 7) is 5.82. The fourth-order valence-corrected chi connectivity index (χ4v) is 3.70. The number of halogens is 2. The number of ether oxygens (including phenoxy) is 1. The molecule has 0 aliphatic rings. The molecule has 0 radical (unpaired) electrons. The lowest BCUT2D eigenvalue weighted by molar-refractivity contribution is -0.113. The number of benzene rings is 2. The third-order valence-corrected chi connectivity index (χ3v) is 5.87. The van der Waals surface area contributed by atoms with E-state index in [9.17, 15) is 9.18 Å². The molecule has 9 heteroatoms. The van der Waals surface area contributed by atoms with Gasteiger partial charge in [0.2, 0.25) is 5.91 Å². The summed E-state index contributed by atoms with van der Waals surface area (Å²) in [5.74, 6) is 0.549. The van der Waals surface area contributed by atoms with E-state index in [1.165, 1.54) is 35.5 Å². The van der Waals surface area contributed by atoms with Gasteiger partial charge in [0.15, 0.2) is 17.1 Å². The number of aromatic nitrogens is 3. The Labute approximate surface area is 183 Å². The number of anilines is 1. The van der Waals surface area contributed by atoms with Crippen molar-refractivity contribution in [3.05, 3.63) is 64.2 Å². The van der Waals surface area contributed by atoms with Gasteiger partial charge in [0.05, 0.1) is 10.8 Å². The van der Waals surface area contributed by atoms with E-state index in [0.717, 1.165) is 11.3 Å². The molecule has 0 aliphatic heterocycles. The first-order valence-electron chi connectivity index (χ1n) is 9.25. The van der Waals surface area contributed by atoms with Crippen LogP contribution in [0, 0.1) is 19.7 Å². The van der Waals surface area contributed by atoms with Crippen molar-refractivity contribution < 1.29 is 13.9 Å². The molecule has 0 saturated heterocycles. The number of aryl methyl sites for hydroxylation is 2. The second kappa shape index (κ2) is 9.49. The van der Waals surface area contributed by atoms with E-state index in [4.69, 9.17) is 16.3 Å². The van der Waals surface area contributed by atoms with Crippen LogP contribution in [-0.2, 0) is 11.8 Å². The van der Waals surface area contributed by atoms with Crippen LogP contribution in [0.5, 0.6) is 5.75 Å². The third-order valence-electron chi connectivity index (χ3n) is 4.55. The number of thioether (sulfide) groups is 1. The van der Waals surface area contributed by atoms with E-state index in [1.54, 1.807) is 18.5 Å². The maximum atomic E-state index is 13.2. The fraction of sp³-hybridized carbons (Fsp3) is 0.286. The first-order valence-corrected chi connectivity index (χ1v) is 10.6. The summed E-state index contributed by atoms with van der Waals surface area (Å²) < 4.78 is 20.8. The molecule has 0 saturated carbocycles. The van der Waals surface area contributed by atoms with Crippen molar-refractivity contribution in [2.24, 2.45) is 7.05 Å². The Morgan fingerprint density at radius 1 is 1.23 bits per heavy atom. The second-order valence-electron chi connectivity index (χ2n) is 6.87. The highest BCUT2D eigenvalue weighted by Crippen LogP contribution is 2.30. The molecule has 3 rings (SSSR count). The molecule has 1 atom stereocenters. The lowest BCUT2D eigenvalue weighted by Crippen LogP contribution is -2.15. The molecule has 2 aromatic carbocycles. The molecule has 0 aliphatic carbocycles. The summed E-state index contributed by atoms with van der Waals surface area (Å²) in [6, 6.07) is 9.73. The molecule has 1 N–H and O–H groups in total. The maximum absolute atomic E-state index is 13.2. The second-order valence-corrected chi connectivity index (χ2v) is 8.22. The van der Waals surface area contributed by atoms with Crippen LogP contribution in [0.25, 0.3) is 0 Å². The van der Waals surface area contributed by atoms with E-state index in [1.807, 2.05) is 32.0 Å². The van der Waals surface area contributed by atoms with Crippen molar-refractivity contribution in [2.75, 3.05) is 11.1 Å². The molecule has 1 unspecified atom stereocenters. The Bertz CT molecular complexity index is 1070. The number of hydrogen-bond acceptors (Lipinski definition) is 5. The van der Waals surface area contributed by atoms with Gasteiger partial charge in [-0.15, -0.1) is 10.2 Å². The number of rotatable bonds is 7. The average Bonchev–Trinajstić information content (AvgIpc) is 3.06. The third kappa shape index (κ3) is 5.31. The molecule has 30 heavy (non-hydrogen) atoms. The van der Waals surface area contributed by atoms with Gasteiger partial charge in [-0.3, -0.25) is 4.79 Å². The normalized spacial score (nSPS) is 11.9. The van der Waals surface area contributed by atoms with Gasteiger partial charge in [0.25, 0.3) is 0 Å². The molecule has 3 aromatic rings. The first-order chi connectivity index (χ1) is 14.2. The Morgan fingerprint density at radius 2 is 2.00 bits per heavy atom. The van der Waals surface area contributed by atoms with Crippen molar-refractivity contribution in [3.8, 4) is 5.75 Å². The van der Waals surface area contributed by atoms with Crippen LogP contribution < -0.4 is 10.1 Å².